The first kappa shape index (κ1) is 14.9. The van der Waals surface area contributed by atoms with Gasteiger partial charge in [0.2, 0.25) is 10.0 Å². The molecule has 0 rings (SSSR count). The summed E-state index contributed by atoms with van der Waals surface area (Å²) in [6.07, 6.45) is 0.789. The van der Waals surface area contributed by atoms with Crippen molar-refractivity contribution in [3.63, 3.8) is 0 Å². The molecule has 5 heteroatoms. The summed E-state index contributed by atoms with van der Waals surface area (Å²) >= 11 is 0. The smallest absolute Gasteiger partial charge is 0.211 e. The van der Waals surface area contributed by atoms with Crippen molar-refractivity contribution in [3.05, 3.63) is 0 Å². The lowest BCUT2D eigenvalue weighted by atomic mass is 9.76. The van der Waals surface area contributed by atoms with Crippen LogP contribution in [-0.2, 0) is 10.0 Å². The maximum Gasteiger partial charge on any atom is 0.211 e. The third-order valence-corrected chi connectivity index (χ3v) is 4.18. The molecule has 0 saturated heterocycles. The lowest BCUT2D eigenvalue weighted by Gasteiger charge is -2.33. The molecule has 0 radical (unpaired) electrons. The highest BCUT2D eigenvalue weighted by Gasteiger charge is 2.31. The first-order chi connectivity index (χ1) is 6.54. The van der Waals surface area contributed by atoms with Crippen molar-refractivity contribution >= 4 is 10.0 Å². The highest BCUT2D eigenvalue weighted by atomic mass is 32.2. The van der Waals surface area contributed by atoms with Crippen LogP contribution in [0.2, 0.25) is 0 Å². The zero-order chi connectivity index (χ0) is 12.3. The Morgan fingerprint density at radius 2 is 1.60 bits per heavy atom. The quantitative estimate of drug-likeness (QED) is 0.721. The first-order valence-corrected chi connectivity index (χ1v) is 6.80. The molecule has 15 heavy (non-hydrogen) atoms. The van der Waals surface area contributed by atoms with Crippen LogP contribution in [0, 0.1) is 10.8 Å². The first-order valence-electron chi connectivity index (χ1n) is 5.15. The molecule has 0 fully saturated rings. The number of nitrogens with two attached hydrogens (primary N) is 1. The highest BCUT2D eigenvalue weighted by molar-refractivity contribution is 7.89. The van der Waals surface area contributed by atoms with E-state index in [0.717, 1.165) is 6.42 Å². The minimum Gasteiger partial charge on any atom is -0.330 e. The lowest BCUT2D eigenvalue weighted by Crippen LogP contribution is -2.37. The van der Waals surface area contributed by atoms with Gasteiger partial charge < -0.3 is 5.73 Å². The van der Waals surface area contributed by atoms with E-state index in [0.29, 0.717) is 6.54 Å². The zero-order valence-electron chi connectivity index (χ0n) is 10.4. The summed E-state index contributed by atoms with van der Waals surface area (Å²) in [4.78, 5) is 0. The van der Waals surface area contributed by atoms with E-state index in [1.807, 2.05) is 13.8 Å². The summed E-state index contributed by atoms with van der Waals surface area (Å²) in [7, 11) is -1.70. The number of hydrogen-bond donors (Lipinski definition) is 2. The van der Waals surface area contributed by atoms with E-state index < -0.39 is 10.0 Å². The molecule has 0 aromatic rings. The fourth-order valence-corrected chi connectivity index (χ4v) is 3.28. The Hall–Kier alpha value is -0.130. The molecule has 0 amide bonds. The fraction of sp³-hybridized carbons (Fsp3) is 1.00. The van der Waals surface area contributed by atoms with E-state index in [4.69, 9.17) is 5.73 Å². The predicted octanol–water partition coefficient (Wildman–Crippen LogP) is 0.937. The topological polar surface area (TPSA) is 72.2 Å². The predicted molar refractivity (Wildman–Crippen MR) is 64.1 cm³/mol. The van der Waals surface area contributed by atoms with Crippen LogP contribution in [0.15, 0.2) is 0 Å². The Morgan fingerprint density at radius 3 is 1.93 bits per heavy atom. The molecule has 92 valence electrons. The highest BCUT2D eigenvalue weighted by Crippen LogP contribution is 2.33. The summed E-state index contributed by atoms with van der Waals surface area (Å²) in [6.45, 7) is 8.59. The molecule has 0 heterocycles. The van der Waals surface area contributed by atoms with E-state index in [-0.39, 0.29) is 16.6 Å². The Kier molecular flexibility index (Phi) is 4.76. The van der Waals surface area contributed by atoms with E-state index in [1.54, 1.807) is 0 Å². The molecule has 3 N–H and O–H groups in total. The molecule has 0 atom stereocenters. The van der Waals surface area contributed by atoms with Gasteiger partial charge in [0.25, 0.3) is 0 Å². The van der Waals surface area contributed by atoms with Gasteiger partial charge in [-0.1, -0.05) is 27.7 Å². The van der Waals surface area contributed by atoms with Gasteiger partial charge in [-0.25, -0.2) is 13.1 Å². The Bertz CT molecular complexity index is 295. The van der Waals surface area contributed by atoms with Crippen LogP contribution >= 0.6 is 0 Å². The van der Waals surface area contributed by atoms with Gasteiger partial charge in [0.05, 0.1) is 5.75 Å². The molecule has 0 aliphatic heterocycles. The zero-order valence-corrected chi connectivity index (χ0v) is 11.2. The summed E-state index contributed by atoms with van der Waals surface area (Å²) in [5.41, 5.74) is 5.36. The van der Waals surface area contributed by atoms with Gasteiger partial charge >= 0.3 is 0 Å². The van der Waals surface area contributed by atoms with Gasteiger partial charge in [0, 0.05) is 0 Å². The largest absolute Gasteiger partial charge is 0.330 e. The van der Waals surface area contributed by atoms with Crippen LogP contribution in [0.25, 0.3) is 0 Å². The monoisotopic (exact) mass is 236 g/mol. The minimum absolute atomic E-state index is 0.0211. The van der Waals surface area contributed by atoms with Gasteiger partial charge in [-0.3, -0.25) is 0 Å². The van der Waals surface area contributed by atoms with Crippen molar-refractivity contribution in [1.82, 2.24) is 4.72 Å². The molecule has 0 unspecified atom stereocenters. The third kappa shape index (κ3) is 6.12. The summed E-state index contributed by atoms with van der Waals surface area (Å²) in [6, 6.07) is 0. The molecular weight excluding hydrogens is 212 g/mol. The third-order valence-electron chi connectivity index (χ3n) is 2.40. The van der Waals surface area contributed by atoms with Crippen molar-refractivity contribution in [2.75, 3.05) is 19.3 Å². The van der Waals surface area contributed by atoms with Crippen molar-refractivity contribution in [3.8, 4) is 0 Å². The Labute approximate surface area is 93.7 Å². The van der Waals surface area contributed by atoms with Crippen molar-refractivity contribution < 1.29 is 8.42 Å². The molecule has 4 nitrogen and oxygen atoms in total. The molecular formula is C10H24N2O2S. The molecule has 0 bridgehead atoms. The number of hydrogen-bond acceptors (Lipinski definition) is 3. The van der Waals surface area contributed by atoms with Gasteiger partial charge in [-0.2, -0.15) is 0 Å². The van der Waals surface area contributed by atoms with Gasteiger partial charge in [-0.15, -0.1) is 0 Å². The van der Waals surface area contributed by atoms with Crippen molar-refractivity contribution in [2.24, 2.45) is 16.6 Å². The second kappa shape index (κ2) is 4.80. The maximum atomic E-state index is 11.4. The van der Waals surface area contributed by atoms with Crippen molar-refractivity contribution in [1.29, 1.82) is 0 Å². The fourth-order valence-electron chi connectivity index (χ4n) is 2.01. The van der Waals surface area contributed by atoms with Gasteiger partial charge in [0.1, 0.15) is 0 Å². The summed E-state index contributed by atoms with van der Waals surface area (Å²) in [5.74, 6) is 0.139. The van der Waals surface area contributed by atoms with Crippen LogP contribution in [0.5, 0.6) is 0 Å². The molecule has 0 aliphatic rings. The second-order valence-corrected chi connectivity index (χ2v) is 7.60. The minimum atomic E-state index is -3.15. The molecule has 0 aliphatic carbocycles. The van der Waals surface area contributed by atoms with Gasteiger partial charge in [0.15, 0.2) is 0 Å². The van der Waals surface area contributed by atoms with Crippen molar-refractivity contribution in [2.45, 2.75) is 34.1 Å². The number of rotatable bonds is 6. The molecule has 0 aromatic carbocycles. The average molecular weight is 236 g/mol. The number of sulfonamides is 1. The normalized spacial score (nSPS) is 14.3. The van der Waals surface area contributed by atoms with E-state index in [2.05, 4.69) is 18.6 Å². The Balaban J connectivity index is 4.58. The maximum absolute atomic E-state index is 11.4. The van der Waals surface area contributed by atoms with Crippen LogP contribution in [0.4, 0.5) is 0 Å². The molecule has 0 aromatic heterocycles. The van der Waals surface area contributed by atoms with Crippen LogP contribution in [0.3, 0.4) is 0 Å². The van der Waals surface area contributed by atoms with E-state index in [1.165, 1.54) is 7.05 Å². The lowest BCUT2D eigenvalue weighted by molar-refractivity contribution is 0.222. The van der Waals surface area contributed by atoms with Crippen LogP contribution in [0.1, 0.15) is 34.1 Å². The van der Waals surface area contributed by atoms with E-state index in [9.17, 15) is 8.42 Å². The number of nitrogens with one attached hydrogen (secondary N) is 1. The molecule has 0 spiro atoms. The van der Waals surface area contributed by atoms with Crippen LogP contribution < -0.4 is 10.5 Å². The average Bonchev–Trinajstić information content (AvgIpc) is 2.00. The van der Waals surface area contributed by atoms with Crippen LogP contribution in [-0.4, -0.2) is 27.8 Å². The summed E-state index contributed by atoms with van der Waals surface area (Å²) in [5, 5.41) is 0. The standard InChI is InChI=1S/C10H24N2O2S/c1-9(2,7-11)6-10(3,4)8-15(13,14)12-5/h12H,6-8,11H2,1-5H3. The SMILES string of the molecule is CNS(=O)(=O)CC(C)(C)CC(C)(C)CN. The van der Waals surface area contributed by atoms with Gasteiger partial charge in [-0.05, 0) is 30.8 Å². The Morgan fingerprint density at radius 1 is 1.13 bits per heavy atom. The summed E-state index contributed by atoms with van der Waals surface area (Å²) < 4.78 is 25.2. The molecule has 0 saturated carbocycles. The second-order valence-electron chi connectivity index (χ2n) is 5.67. The van der Waals surface area contributed by atoms with E-state index >= 15 is 0 Å².